The van der Waals surface area contributed by atoms with Crippen LogP contribution in [-0.4, -0.2) is 48.5 Å². The molecule has 0 bridgehead atoms. The van der Waals surface area contributed by atoms with Crippen LogP contribution in [0.15, 0.2) is 108 Å². The lowest BCUT2D eigenvalue weighted by Crippen LogP contribution is -2.48. The summed E-state index contributed by atoms with van der Waals surface area (Å²) in [6.45, 7) is 2.09. The van der Waals surface area contributed by atoms with Crippen molar-refractivity contribution in [3.05, 3.63) is 120 Å². The third-order valence-corrected chi connectivity index (χ3v) is 7.42. The van der Waals surface area contributed by atoms with Crippen molar-refractivity contribution < 1.29 is 23.5 Å². The maximum absolute atomic E-state index is 13.6. The molecule has 1 fully saturated rings. The number of piperidine rings is 1. The van der Waals surface area contributed by atoms with E-state index in [4.69, 9.17) is 14.9 Å². The van der Waals surface area contributed by atoms with Crippen molar-refractivity contribution in [2.75, 3.05) is 29.9 Å². The molecule has 0 saturated carbocycles. The molecule has 0 radical (unpaired) electrons. The number of esters is 1. The lowest BCUT2D eigenvalue weighted by atomic mass is 9.96. The Labute approximate surface area is 244 Å². The molecule has 0 spiro atoms. The maximum atomic E-state index is 13.6. The van der Waals surface area contributed by atoms with Gasteiger partial charge in [-0.25, -0.2) is 4.79 Å². The van der Waals surface area contributed by atoms with Gasteiger partial charge in [0.05, 0.1) is 12.2 Å². The fourth-order valence-electron chi connectivity index (χ4n) is 5.34. The molecule has 1 aliphatic heterocycles. The third-order valence-electron chi connectivity index (χ3n) is 7.42. The van der Waals surface area contributed by atoms with Crippen LogP contribution in [0.5, 0.6) is 0 Å². The van der Waals surface area contributed by atoms with Crippen molar-refractivity contribution in [1.82, 2.24) is 4.90 Å². The number of amides is 3. The summed E-state index contributed by atoms with van der Waals surface area (Å²) < 4.78 is 11.2. The molecule has 1 unspecified atom stereocenters. The molecule has 3 amide bonds. The summed E-state index contributed by atoms with van der Waals surface area (Å²) in [4.78, 5) is 42.3. The molecule has 1 aliphatic rings. The standard InChI is InChI=1S/C33H34N4O5/c34-33(40)35-26-13-7-14-28(21-26)37(31(38)30-15-8-20-41-30)27-16-18-36(19-17-27)22-29(25-11-5-2-6-12-25)32(39)42-23-24-9-3-1-4-10-24/h1-15,20-21,27,29H,16-19,22-23H2,(H3,34,35,40). The van der Waals surface area contributed by atoms with Gasteiger partial charge in [0, 0.05) is 37.1 Å². The number of nitrogens with one attached hydrogen (secondary N) is 1. The van der Waals surface area contributed by atoms with Crippen molar-refractivity contribution in [2.24, 2.45) is 5.73 Å². The van der Waals surface area contributed by atoms with Crippen molar-refractivity contribution in [3.8, 4) is 0 Å². The number of carbonyl (C=O) groups excluding carboxylic acids is 3. The van der Waals surface area contributed by atoms with Crippen LogP contribution in [0.25, 0.3) is 0 Å². The Balaban J connectivity index is 1.30. The number of carbonyl (C=O) groups is 3. The predicted molar refractivity (Wildman–Crippen MR) is 160 cm³/mol. The minimum absolute atomic E-state index is 0.122. The van der Waals surface area contributed by atoms with Gasteiger partial charge in [0.2, 0.25) is 0 Å². The lowest BCUT2D eigenvalue weighted by Gasteiger charge is -2.39. The molecule has 4 aromatic rings. The highest BCUT2D eigenvalue weighted by Crippen LogP contribution is 2.29. The van der Waals surface area contributed by atoms with Crippen LogP contribution in [0.3, 0.4) is 0 Å². The molecule has 5 rings (SSSR count). The Morgan fingerprint density at radius 3 is 2.31 bits per heavy atom. The van der Waals surface area contributed by atoms with Crippen molar-refractivity contribution in [2.45, 2.75) is 31.4 Å². The number of likely N-dealkylation sites (tertiary alicyclic amines) is 1. The van der Waals surface area contributed by atoms with E-state index in [0.29, 0.717) is 43.9 Å². The van der Waals surface area contributed by atoms with E-state index in [0.717, 1.165) is 11.1 Å². The first-order chi connectivity index (χ1) is 20.5. The number of hydrogen-bond acceptors (Lipinski definition) is 6. The largest absolute Gasteiger partial charge is 0.460 e. The number of nitrogens with two attached hydrogens (primary N) is 1. The first-order valence-corrected chi connectivity index (χ1v) is 14.0. The second kappa shape index (κ2) is 13.6. The summed E-state index contributed by atoms with van der Waals surface area (Å²) in [6, 6.07) is 28.9. The van der Waals surface area contributed by atoms with Crippen LogP contribution in [0, 0.1) is 0 Å². The summed E-state index contributed by atoms with van der Waals surface area (Å²) in [7, 11) is 0. The number of anilines is 2. The fraction of sp³-hybridized carbons (Fsp3) is 0.242. The zero-order valence-corrected chi connectivity index (χ0v) is 23.2. The van der Waals surface area contributed by atoms with Crippen LogP contribution < -0.4 is 16.0 Å². The molecule has 1 saturated heterocycles. The maximum Gasteiger partial charge on any atom is 0.316 e. The molecule has 3 aromatic carbocycles. The quantitative estimate of drug-likeness (QED) is 0.248. The van der Waals surface area contributed by atoms with E-state index in [-0.39, 0.29) is 30.3 Å². The SMILES string of the molecule is NC(=O)Nc1cccc(N(C(=O)c2ccco2)C2CCN(CC(C(=O)OCc3ccccc3)c3ccccc3)CC2)c1. The number of hydrogen-bond donors (Lipinski definition) is 2. The zero-order valence-electron chi connectivity index (χ0n) is 23.2. The number of primary amides is 1. The van der Waals surface area contributed by atoms with Crippen LogP contribution in [-0.2, 0) is 16.1 Å². The van der Waals surface area contributed by atoms with Crippen LogP contribution in [0.2, 0.25) is 0 Å². The Morgan fingerprint density at radius 2 is 1.64 bits per heavy atom. The van der Waals surface area contributed by atoms with Gasteiger partial charge in [-0.1, -0.05) is 66.7 Å². The van der Waals surface area contributed by atoms with E-state index >= 15 is 0 Å². The van der Waals surface area contributed by atoms with Gasteiger partial charge in [-0.05, 0) is 54.3 Å². The molecule has 9 heteroatoms. The zero-order chi connectivity index (χ0) is 29.3. The van der Waals surface area contributed by atoms with E-state index in [9.17, 15) is 14.4 Å². The molecule has 1 aromatic heterocycles. The summed E-state index contributed by atoms with van der Waals surface area (Å²) in [5.41, 5.74) is 8.29. The minimum atomic E-state index is -0.681. The van der Waals surface area contributed by atoms with Crippen molar-refractivity contribution in [3.63, 3.8) is 0 Å². The molecule has 0 aliphatic carbocycles. The van der Waals surface area contributed by atoms with E-state index in [1.807, 2.05) is 66.7 Å². The number of nitrogens with zero attached hydrogens (tertiary/aromatic N) is 2. The Kier molecular flexibility index (Phi) is 9.30. The van der Waals surface area contributed by atoms with E-state index < -0.39 is 11.9 Å². The number of benzene rings is 3. The molecule has 1 atom stereocenters. The average Bonchev–Trinajstić information content (AvgIpc) is 3.56. The number of urea groups is 1. The Hall–Kier alpha value is -4.89. The van der Waals surface area contributed by atoms with Crippen LogP contribution in [0.4, 0.5) is 16.2 Å². The van der Waals surface area contributed by atoms with Gasteiger partial charge < -0.3 is 30.0 Å². The molecule has 216 valence electrons. The number of furan rings is 1. The lowest BCUT2D eigenvalue weighted by molar-refractivity contribution is -0.147. The predicted octanol–water partition coefficient (Wildman–Crippen LogP) is 5.41. The second-order valence-electron chi connectivity index (χ2n) is 10.3. The van der Waals surface area contributed by atoms with Gasteiger partial charge in [0.25, 0.3) is 5.91 Å². The van der Waals surface area contributed by atoms with Crippen LogP contribution >= 0.6 is 0 Å². The van der Waals surface area contributed by atoms with Gasteiger partial charge in [-0.2, -0.15) is 0 Å². The molecule has 9 nitrogen and oxygen atoms in total. The Bertz CT molecular complexity index is 1470. The van der Waals surface area contributed by atoms with Gasteiger partial charge in [0.15, 0.2) is 5.76 Å². The van der Waals surface area contributed by atoms with Gasteiger partial charge in [0.1, 0.15) is 6.61 Å². The normalized spacial score (nSPS) is 14.6. The van der Waals surface area contributed by atoms with Crippen LogP contribution in [0.1, 0.15) is 40.4 Å². The molecular formula is C33H34N4O5. The molecule has 2 heterocycles. The number of ether oxygens (including phenoxy) is 1. The smallest absolute Gasteiger partial charge is 0.316 e. The van der Waals surface area contributed by atoms with Gasteiger partial charge >= 0.3 is 12.0 Å². The fourth-order valence-corrected chi connectivity index (χ4v) is 5.34. The second-order valence-corrected chi connectivity index (χ2v) is 10.3. The third kappa shape index (κ3) is 7.24. The average molecular weight is 567 g/mol. The van der Waals surface area contributed by atoms with Crippen molar-refractivity contribution >= 4 is 29.3 Å². The Morgan fingerprint density at radius 1 is 0.929 bits per heavy atom. The molecule has 3 N–H and O–H groups in total. The molecular weight excluding hydrogens is 532 g/mol. The highest BCUT2D eigenvalue weighted by Gasteiger charge is 2.33. The molecule has 42 heavy (non-hydrogen) atoms. The number of rotatable bonds is 10. The summed E-state index contributed by atoms with van der Waals surface area (Å²) in [5, 5.41) is 2.58. The monoisotopic (exact) mass is 566 g/mol. The summed E-state index contributed by atoms with van der Waals surface area (Å²) in [6.07, 6.45) is 2.83. The van der Waals surface area contributed by atoms with E-state index in [1.54, 1.807) is 35.2 Å². The van der Waals surface area contributed by atoms with Gasteiger partial charge in [-0.15, -0.1) is 0 Å². The van der Waals surface area contributed by atoms with E-state index in [2.05, 4.69) is 10.2 Å². The van der Waals surface area contributed by atoms with Crippen molar-refractivity contribution in [1.29, 1.82) is 0 Å². The van der Waals surface area contributed by atoms with Gasteiger partial charge in [-0.3, -0.25) is 9.59 Å². The highest BCUT2D eigenvalue weighted by molar-refractivity contribution is 6.05. The topological polar surface area (TPSA) is 118 Å². The first kappa shape index (κ1) is 28.6. The first-order valence-electron chi connectivity index (χ1n) is 14.0. The summed E-state index contributed by atoms with van der Waals surface area (Å²) >= 11 is 0. The minimum Gasteiger partial charge on any atom is -0.460 e. The summed E-state index contributed by atoms with van der Waals surface area (Å²) in [5.74, 6) is -0.734. The van der Waals surface area contributed by atoms with E-state index in [1.165, 1.54) is 6.26 Å². The highest BCUT2D eigenvalue weighted by atomic mass is 16.5.